The van der Waals surface area contributed by atoms with Gasteiger partial charge in [0, 0.05) is 6.42 Å². The Kier molecular flexibility index (Phi) is 4.64. The minimum atomic E-state index is 0.317. The second-order valence-electron chi connectivity index (χ2n) is 3.36. The summed E-state index contributed by atoms with van der Waals surface area (Å²) in [4.78, 5) is 0. The molecule has 0 aliphatic heterocycles. The predicted molar refractivity (Wildman–Crippen MR) is 64.0 cm³/mol. The van der Waals surface area contributed by atoms with Crippen molar-refractivity contribution in [2.45, 2.75) is 25.7 Å². The Morgan fingerprint density at radius 1 is 1.53 bits per heavy atom. The van der Waals surface area contributed by atoms with Crippen molar-refractivity contribution in [1.82, 2.24) is 0 Å². The molecule has 1 aromatic carbocycles. The lowest BCUT2D eigenvalue weighted by molar-refractivity contribution is 0.412. The second kappa shape index (κ2) is 5.77. The van der Waals surface area contributed by atoms with Crippen LogP contribution in [0.3, 0.4) is 0 Å². The van der Waals surface area contributed by atoms with E-state index in [1.807, 2.05) is 18.2 Å². The van der Waals surface area contributed by atoms with Crippen LogP contribution in [0.25, 0.3) is 0 Å². The maximum absolute atomic E-state index is 8.71. The van der Waals surface area contributed by atoms with Crippen LogP contribution in [-0.4, -0.2) is 7.11 Å². The largest absolute Gasteiger partial charge is 0.496 e. The number of ether oxygens (including phenoxy) is 1. The van der Waals surface area contributed by atoms with E-state index in [1.165, 1.54) is 5.56 Å². The number of hydrogen-bond donors (Lipinski definition) is 0. The predicted octanol–water partition coefficient (Wildman–Crippen LogP) is 3.86. The summed E-state index contributed by atoms with van der Waals surface area (Å²) in [5, 5.41) is 8.71. The molecule has 0 heterocycles. The van der Waals surface area contributed by atoms with Crippen LogP contribution in [0.1, 0.15) is 31.2 Å². The van der Waals surface area contributed by atoms with Gasteiger partial charge in [0.25, 0.3) is 0 Å². The van der Waals surface area contributed by atoms with Gasteiger partial charge in [-0.25, -0.2) is 0 Å². The van der Waals surface area contributed by atoms with Gasteiger partial charge in [-0.1, -0.05) is 13.0 Å². The Morgan fingerprint density at radius 2 is 2.27 bits per heavy atom. The summed E-state index contributed by atoms with van der Waals surface area (Å²) >= 11 is 3.45. The van der Waals surface area contributed by atoms with Gasteiger partial charge in [0.1, 0.15) is 5.75 Å². The minimum absolute atomic E-state index is 0.317. The van der Waals surface area contributed by atoms with E-state index in [2.05, 4.69) is 28.9 Å². The Balaban J connectivity index is 2.95. The quantitative estimate of drug-likeness (QED) is 0.830. The molecule has 0 amide bonds. The van der Waals surface area contributed by atoms with Crippen molar-refractivity contribution in [3.63, 3.8) is 0 Å². The Hall–Kier alpha value is -1.01. The highest BCUT2D eigenvalue weighted by Gasteiger charge is 2.10. The molecule has 0 radical (unpaired) electrons. The zero-order valence-electron chi connectivity index (χ0n) is 8.96. The zero-order valence-corrected chi connectivity index (χ0v) is 10.5. The smallest absolute Gasteiger partial charge is 0.133 e. The summed E-state index contributed by atoms with van der Waals surface area (Å²) in [5.74, 6) is 1.14. The molecule has 1 unspecified atom stereocenters. The van der Waals surface area contributed by atoms with Gasteiger partial charge in [0.15, 0.2) is 0 Å². The van der Waals surface area contributed by atoms with Crippen molar-refractivity contribution in [3.8, 4) is 11.8 Å². The zero-order chi connectivity index (χ0) is 11.3. The monoisotopic (exact) mass is 267 g/mol. The number of nitrogens with zero attached hydrogens (tertiary/aromatic N) is 1. The van der Waals surface area contributed by atoms with Gasteiger partial charge >= 0.3 is 0 Å². The molecule has 80 valence electrons. The van der Waals surface area contributed by atoms with Gasteiger partial charge in [-0.2, -0.15) is 5.26 Å². The van der Waals surface area contributed by atoms with E-state index in [4.69, 9.17) is 10.00 Å². The highest BCUT2D eigenvalue weighted by Crippen LogP contribution is 2.31. The van der Waals surface area contributed by atoms with Crippen LogP contribution in [0.4, 0.5) is 0 Å². The van der Waals surface area contributed by atoms with Crippen molar-refractivity contribution in [2.75, 3.05) is 7.11 Å². The first kappa shape index (κ1) is 12.1. The number of halogens is 1. The third kappa shape index (κ3) is 2.97. The molecule has 0 aromatic heterocycles. The molecule has 15 heavy (non-hydrogen) atoms. The van der Waals surface area contributed by atoms with Crippen LogP contribution in [0.5, 0.6) is 5.75 Å². The van der Waals surface area contributed by atoms with Gasteiger partial charge in [-0.05, 0) is 46.0 Å². The van der Waals surface area contributed by atoms with Gasteiger partial charge in [-0.15, -0.1) is 0 Å². The highest BCUT2D eigenvalue weighted by molar-refractivity contribution is 9.10. The van der Waals surface area contributed by atoms with Crippen molar-refractivity contribution in [2.24, 2.45) is 0 Å². The average molecular weight is 268 g/mol. The van der Waals surface area contributed by atoms with Crippen LogP contribution in [-0.2, 0) is 0 Å². The fourth-order valence-electron chi connectivity index (χ4n) is 1.54. The van der Waals surface area contributed by atoms with E-state index in [9.17, 15) is 0 Å². The normalized spacial score (nSPS) is 11.9. The molecule has 1 aromatic rings. The summed E-state index contributed by atoms with van der Waals surface area (Å²) < 4.78 is 6.10. The third-order valence-corrected chi connectivity index (χ3v) is 3.10. The molecule has 0 spiro atoms. The van der Waals surface area contributed by atoms with Gasteiger partial charge in [0.2, 0.25) is 0 Å². The first-order chi connectivity index (χ1) is 7.22. The molecule has 0 aliphatic rings. The number of methoxy groups -OCH3 is 1. The SMILES string of the molecule is CCC(CC#N)c1ccc(OC)c(Br)c1. The maximum atomic E-state index is 8.71. The fraction of sp³-hybridized carbons (Fsp3) is 0.417. The van der Waals surface area contributed by atoms with Crippen molar-refractivity contribution < 1.29 is 4.74 Å². The van der Waals surface area contributed by atoms with E-state index >= 15 is 0 Å². The molecule has 1 atom stereocenters. The fourth-order valence-corrected chi connectivity index (χ4v) is 2.10. The average Bonchev–Trinajstić information content (AvgIpc) is 2.25. The van der Waals surface area contributed by atoms with Crippen LogP contribution in [0.2, 0.25) is 0 Å². The van der Waals surface area contributed by atoms with E-state index in [0.29, 0.717) is 12.3 Å². The lowest BCUT2D eigenvalue weighted by atomic mass is 9.94. The van der Waals surface area contributed by atoms with Gasteiger partial charge in [0.05, 0.1) is 17.7 Å². The summed E-state index contributed by atoms with van der Waals surface area (Å²) in [5.41, 5.74) is 1.19. The summed E-state index contributed by atoms with van der Waals surface area (Å²) in [6.45, 7) is 2.10. The van der Waals surface area contributed by atoms with Gasteiger partial charge in [-0.3, -0.25) is 0 Å². The number of rotatable bonds is 4. The van der Waals surface area contributed by atoms with Crippen LogP contribution in [0, 0.1) is 11.3 Å². The maximum Gasteiger partial charge on any atom is 0.133 e. The van der Waals surface area contributed by atoms with Crippen molar-refractivity contribution in [1.29, 1.82) is 5.26 Å². The number of nitriles is 1. The van der Waals surface area contributed by atoms with Crippen molar-refractivity contribution >= 4 is 15.9 Å². The molecule has 0 saturated carbocycles. The molecule has 0 N–H and O–H groups in total. The van der Waals surface area contributed by atoms with Crippen LogP contribution < -0.4 is 4.74 Å². The van der Waals surface area contributed by atoms with Crippen LogP contribution in [0.15, 0.2) is 22.7 Å². The molecular formula is C12H14BrNO. The topological polar surface area (TPSA) is 33.0 Å². The Labute approximate surface area is 99.0 Å². The summed E-state index contributed by atoms with van der Waals surface area (Å²) in [7, 11) is 1.65. The molecule has 0 aliphatic carbocycles. The van der Waals surface area contributed by atoms with E-state index < -0.39 is 0 Å². The number of benzene rings is 1. The first-order valence-electron chi connectivity index (χ1n) is 4.93. The number of hydrogen-bond acceptors (Lipinski definition) is 2. The molecule has 0 bridgehead atoms. The Bertz CT molecular complexity index is 370. The third-order valence-electron chi connectivity index (χ3n) is 2.48. The van der Waals surface area contributed by atoms with Crippen molar-refractivity contribution in [3.05, 3.63) is 28.2 Å². The molecular weight excluding hydrogens is 254 g/mol. The highest BCUT2D eigenvalue weighted by atomic mass is 79.9. The van der Waals surface area contributed by atoms with E-state index in [0.717, 1.165) is 16.6 Å². The summed E-state index contributed by atoms with van der Waals surface area (Å²) in [6.07, 6.45) is 1.54. The molecule has 0 fully saturated rings. The first-order valence-corrected chi connectivity index (χ1v) is 5.72. The summed E-state index contributed by atoms with van der Waals surface area (Å²) in [6, 6.07) is 8.20. The van der Waals surface area contributed by atoms with E-state index in [1.54, 1.807) is 7.11 Å². The Morgan fingerprint density at radius 3 is 2.73 bits per heavy atom. The second-order valence-corrected chi connectivity index (χ2v) is 4.22. The molecule has 3 heteroatoms. The van der Waals surface area contributed by atoms with Gasteiger partial charge < -0.3 is 4.74 Å². The molecule has 2 nitrogen and oxygen atoms in total. The standard InChI is InChI=1S/C12H14BrNO/c1-3-9(6-7-14)10-4-5-12(15-2)11(13)8-10/h4-5,8-9H,3,6H2,1-2H3. The molecule has 1 rings (SSSR count). The minimum Gasteiger partial charge on any atom is -0.496 e. The lowest BCUT2D eigenvalue weighted by Gasteiger charge is -2.13. The lowest BCUT2D eigenvalue weighted by Crippen LogP contribution is -1.96. The van der Waals surface area contributed by atoms with Crippen LogP contribution >= 0.6 is 15.9 Å². The van der Waals surface area contributed by atoms with E-state index in [-0.39, 0.29) is 0 Å². The molecule has 0 saturated heterocycles.